The van der Waals surface area contributed by atoms with Gasteiger partial charge in [0.1, 0.15) is 0 Å². The maximum Gasteiger partial charge on any atom is 0.0804 e. The topological polar surface area (TPSA) is 47.9 Å². The molecule has 0 aliphatic heterocycles. The van der Waals surface area contributed by atoms with Crippen LogP contribution in [0, 0.1) is 0 Å². The first-order valence-corrected chi connectivity index (χ1v) is 5.04. The lowest BCUT2D eigenvalue weighted by Gasteiger charge is -2.15. The Kier molecular flexibility index (Phi) is 9.29. The van der Waals surface area contributed by atoms with Crippen LogP contribution in [0.1, 0.15) is 20.3 Å². The Morgan fingerprint density at radius 3 is 2.36 bits per heavy atom. The molecule has 86 valence electrons. The molecule has 0 aliphatic rings. The number of hydrogen-bond acceptors (Lipinski definition) is 4. The van der Waals surface area contributed by atoms with E-state index in [1.54, 1.807) is 14.0 Å². The van der Waals surface area contributed by atoms with Crippen LogP contribution in [0.4, 0.5) is 0 Å². The molecule has 14 heavy (non-hydrogen) atoms. The average molecular weight is 206 g/mol. The van der Waals surface area contributed by atoms with Crippen LogP contribution in [0.3, 0.4) is 0 Å². The molecule has 0 radical (unpaired) electrons. The van der Waals surface area contributed by atoms with Crippen LogP contribution >= 0.6 is 0 Å². The van der Waals surface area contributed by atoms with Gasteiger partial charge in [0.2, 0.25) is 0 Å². The normalized spacial score (nSPS) is 15.4. The molecule has 1 unspecified atom stereocenters. The summed E-state index contributed by atoms with van der Waals surface area (Å²) in [5.41, 5.74) is 0. The highest BCUT2D eigenvalue weighted by atomic mass is 16.5. The van der Waals surface area contributed by atoms with Gasteiger partial charge in [-0.25, -0.2) is 0 Å². The van der Waals surface area contributed by atoms with Gasteiger partial charge in [0.05, 0.1) is 25.4 Å². The lowest BCUT2D eigenvalue weighted by Crippen LogP contribution is -2.24. The largest absolute Gasteiger partial charge is 0.391 e. The highest BCUT2D eigenvalue weighted by molar-refractivity contribution is 4.56. The van der Waals surface area contributed by atoms with E-state index in [2.05, 4.69) is 0 Å². The van der Waals surface area contributed by atoms with Gasteiger partial charge in [0.25, 0.3) is 0 Å². The highest BCUT2D eigenvalue weighted by Crippen LogP contribution is 1.96. The van der Waals surface area contributed by atoms with Crippen molar-refractivity contribution in [2.45, 2.75) is 32.5 Å². The minimum atomic E-state index is -0.427. The molecule has 4 nitrogen and oxygen atoms in total. The molecule has 0 heterocycles. The Morgan fingerprint density at radius 2 is 1.79 bits per heavy atom. The van der Waals surface area contributed by atoms with Crippen molar-refractivity contribution in [1.29, 1.82) is 0 Å². The Bertz CT molecular complexity index is 117. The van der Waals surface area contributed by atoms with Crippen LogP contribution in [0.5, 0.6) is 0 Å². The standard InChI is InChI=1S/C10H22O4/c1-9(11)10(2)14-8-7-13-6-4-5-12-3/h9-11H,4-8H2,1-3H3/t9-,10?/m0/s1. The zero-order chi connectivity index (χ0) is 10.8. The number of methoxy groups -OCH3 is 1. The molecule has 0 amide bonds. The minimum absolute atomic E-state index is 0.127. The molecule has 0 aliphatic carbocycles. The zero-order valence-corrected chi connectivity index (χ0v) is 9.36. The van der Waals surface area contributed by atoms with Crippen LogP contribution in [-0.2, 0) is 14.2 Å². The van der Waals surface area contributed by atoms with Crippen LogP contribution in [0.15, 0.2) is 0 Å². The first-order valence-electron chi connectivity index (χ1n) is 5.04. The molecular weight excluding hydrogens is 184 g/mol. The fourth-order valence-electron chi connectivity index (χ4n) is 0.840. The Labute approximate surface area is 86.2 Å². The van der Waals surface area contributed by atoms with Crippen molar-refractivity contribution >= 4 is 0 Å². The van der Waals surface area contributed by atoms with Crippen molar-refractivity contribution in [2.75, 3.05) is 33.5 Å². The third-order valence-corrected chi connectivity index (χ3v) is 1.92. The molecule has 0 spiro atoms. The number of hydrogen-bond donors (Lipinski definition) is 1. The third-order valence-electron chi connectivity index (χ3n) is 1.92. The summed E-state index contributed by atoms with van der Waals surface area (Å²) in [5, 5.41) is 9.11. The van der Waals surface area contributed by atoms with Crippen LogP contribution in [0.25, 0.3) is 0 Å². The van der Waals surface area contributed by atoms with E-state index in [0.717, 1.165) is 13.0 Å². The summed E-state index contributed by atoms with van der Waals surface area (Å²) in [6.07, 6.45) is 0.351. The SMILES string of the molecule is COCCCOCCOC(C)[C@H](C)O. The second kappa shape index (κ2) is 9.40. The van der Waals surface area contributed by atoms with E-state index in [1.807, 2.05) is 6.92 Å². The minimum Gasteiger partial charge on any atom is -0.391 e. The monoisotopic (exact) mass is 206 g/mol. The van der Waals surface area contributed by atoms with E-state index in [4.69, 9.17) is 19.3 Å². The smallest absolute Gasteiger partial charge is 0.0804 e. The van der Waals surface area contributed by atoms with Gasteiger partial charge in [-0.05, 0) is 20.3 Å². The Balaban J connectivity index is 3.06. The lowest BCUT2D eigenvalue weighted by molar-refractivity contribution is -0.0416. The summed E-state index contributed by atoms with van der Waals surface area (Å²) >= 11 is 0. The van der Waals surface area contributed by atoms with E-state index >= 15 is 0 Å². The van der Waals surface area contributed by atoms with E-state index in [0.29, 0.717) is 19.8 Å². The maximum atomic E-state index is 9.11. The van der Waals surface area contributed by atoms with Crippen LogP contribution in [-0.4, -0.2) is 50.9 Å². The van der Waals surface area contributed by atoms with Gasteiger partial charge in [-0.2, -0.15) is 0 Å². The zero-order valence-electron chi connectivity index (χ0n) is 9.36. The molecule has 0 aromatic rings. The summed E-state index contributed by atoms with van der Waals surface area (Å²) in [6.45, 7) is 6.07. The molecule has 0 saturated heterocycles. The Hall–Kier alpha value is -0.160. The van der Waals surface area contributed by atoms with Crippen molar-refractivity contribution in [3.63, 3.8) is 0 Å². The summed E-state index contributed by atoms with van der Waals surface area (Å²) in [7, 11) is 1.67. The molecular formula is C10H22O4. The maximum absolute atomic E-state index is 9.11. The first kappa shape index (κ1) is 13.8. The fraction of sp³-hybridized carbons (Fsp3) is 1.00. The van der Waals surface area contributed by atoms with Crippen LogP contribution in [0.2, 0.25) is 0 Å². The van der Waals surface area contributed by atoms with E-state index in [9.17, 15) is 0 Å². The van der Waals surface area contributed by atoms with Gasteiger partial charge < -0.3 is 19.3 Å². The predicted molar refractivity (Wildman–Crippen MR) is 54.4 cm³/mol. The third kappa shape index (κ3) is 8.44. The molecule has 4 heteroatoms. The van der Waals surface area contributed by atoms with Gasteiger partial charge >= 0.3 is 0 Å². The molecule has 0 rings (SSSR count). The second-order valence-electron chi connectivity index (χ2n) is 3.28. The quantitative estimate of drug-likeness (QED) is 0.568. The van der Waals surface area contributed by atoms with Crippen molar-refractivity contribution in [3.05, 3.63) is 0 Å². The van der Waals surface area contributed by atoms with Gasteiger partial charge in [0.15, 0.2) is 0 Å². The predicted octanol–water partition coefficient (Wildman–Crippen LogP) is 0.825. The van der Waals surface area contributed by atoms with Crippen molar-refractivity contribution in [3.8, 4) is 0 Å². The van der Waals surface area contributed by atoms with E-state index in [1.165, 1.54) is 0 Å². The number of ether oxygens (including phenoxy) is 3. The molecule has 0 bridgehead atoms. The second-order valence-corrected chi connectivity index (χ2v) is 3.28. The molecule has 0 aromatic heterocycles. The summed E-state index contributed by atoms with van der Waals surface area (Å²) in [4.78, 5) is 0. The first-order chi connectivity index (χ1) is 6.68. The lowest BCUT2D eigenvalue weighted by atomic mass is 10.3. The van der Waals surface area contributed by atoms with E-state index < -0.39 is 6.10 Å². The fourth-order valence-corrected chi connectivity index (χ4v) is 0.840. The van der Waals surface area contributed by atoms with Crippen LogP contribution < -0.4 is 0 Å². The van der Waals surface area contributed by atoms with Gasteiger partial charge in [-0.3, -0.25) is 0 Å². The van der Waals surface area contributed by atoms with Gasteiger partial charge in [0, 0.05) is 20.3 Å². The molecule has 0 fully saturated rings. The van der Waals surface area contributed by atoms with Crippen molar-refractivity contribution < 1.29 is 19.3 Å². The van der Waals surface area contributed by atoms with Crippen molar-refractivity contribution in [2.24, 2.45) is 0 Å². The average Bonchev–Trinajstić information content (AvgIpc) is 2.16. The summed E-state index contributed by atoms with van der Waals surface area (Å²) in [5.74, 6) is 0. The number of aliphatic hydroxyl groups excluding tert-OH is 1. The van der Waals surface area contributed by atoms with E-state index in [-0.39, 0.29) is 6.10 Å². The molecule has 0 saturated carbocycles. The van der Waals surface area contributed by atoms with Gasteiger partial charge in [-0.1, -0.05) is 0 Å². The summed E-state index contributed by atoms with van der Waals surface area (Å²) in [6, 6.07) is 0. The highest BCUT2D eigenvalue weighted by Gasteiger charge is 2.07. The Morgan fingerprint density at radius 1 is 1.07 bits per heavy atom. The molecule has 1 N–H and O–H groups in total. The number of rotatable bonds is 9. The van der Waals surface area contributed by atoms with Crippen molar-refractivity contribution in [1.82, 2.24) is 0 Å². The molecule has 2 atom stereocenters. The number of aliphatic hydroxyl groups is 1. The van der Waals surface area contributed by atoms with Gasteiger partial charge in [-0.15, -0.1) is 0 Å². The molecule has 0 aromatic carbocycles. The summed E-state index contributed by atoms with van der Waals surface area (Å²) < 4.78 is 15.5.